The Morgan fingerprint density at radius 1 is 1.22 bits per heavy atom. The van der Waals surface area contributed by atoms with Gasteiger partial charge in [0.05, 0.1) is 5.41 Å². The van der Waals surface area contributed by atoms with Crippen LogP contribution >= 0.6 is 0 Å². The molecule has 0 bridgehead atoms. The van der Waals surface area contributed by atoms with Gasteiger partial charge in [-0.15, -0.1) is 0 Å². The Kier molecular flexibility index (Phi) is 3.24. The Morgan fingerprint density at radius 3 is 2.17 bits per heavy atom. The number of benzene rings is 1. The Hall–Kier alpha value is -1.64. The van der Waals surface area contributed by atoms with Crippen LogP contribution in [0.5, 0.6) is 0 Å². The molecule has 1 saturated carbocycles. The second kappa shape index (κ2) is 4.56. The Bertz CT molecular complexity index is 467. The summed E-state index contributed by atoms with van der Waals surface area (Å²) in [5.74, 6) is -0.300. The predicted molar refractivity (Wildman–Crippen MR) is 68.8 cm³/mol. The van der Waals surface area contributed by atoms with Gasteiger partial charge < -0.3 is 5.11 Å². The van der Waals surface area contributed by atoms with E-state index in [9.17, 15) is 14.7 Å². The Labute approximate surface area is 107 Å². The highest BCUT2D eigenvalue weighted by Crippen LogP contribution is 2.48. The lowest BCUT2D eigenvalue weighted by Gasteiger charge is -2.11. The van der Waals surface area contributed by atoms with Crippen LogP contribution in [0.25, 0.3) is 0 Å². The summed E-state index contributed by atoms with van der Waals surface area (Å²) in [6.45, 7) is 4.02. The maximum atomic E-state index is 11.8. The number of hydrogen-bond acceptors (Lipinski definition) is 2. The zero-order valence-corrected chi connectivity index (χ0v) is 10.8. The number of aliphatic carboxylic acids is 1. The van der Waals surface area contributed by atoms with Crippen molar-refractivity contribution in [3.63, 3.8) is 0 Å². The van der Waals surface area contributed by atoms with Crippen LogP contribution in [-0.2, 0) is 10.2 Å². The normalized spacial score (nSPS) is 16.6. The van der Waals surface area contributed by atoms with Gasteiger partial charge in [0, 0.05) is 12.0 Å². The van der Waals surface area contributed by atoms with E-state index in [1.807, 2.05) is 13.8 Å². The van der Waals surface area contributed by atoms with E-state index in [2.05, 4.69) is 0 Å². The first-order chi connectivity index (χ1) is 8.45. The van der Waals surface area contributed by atoms with Crippen molar-refractivity contribution in [2.45, 2.75) is 38.5 Å². The molecule has 0 amide bonds. The van der Waals surface area contributed by atoms with Crippen LogP contribution < -0.4 is 0 Å². The monoisotopic (exact) mass is 246 g/mol. The van der Waals surface area contributed by atoms with Crippen LogP contribution in [0.1, 0.15) is 49.0 Å². The maximum Gasteiger partial charge on any atom is 0.314 e. The van der Waals surface area contributed by atoms with E-state index in [4.69, 9.17) is 0 Å². The molecule has 18 heavy (non-hydrogen) atoms. The summed E-state index contributed by atoms with van der Waals surface area (Å²) >= 11 is 0. The van der Waals surface area contributed by atoms with Crippen molar-refractivity contribution in [1.82, 2.24) is 0 Å². The van der Waals surface area contributed by atoms with E-state index in [-0.39, 0.29) is 5.78 Å². The molecule has 96 valence electrons. The van der Waals surface area contributed by atoms with Crippen LogP contribution in [0.2, 0.25) is 0 Å². The molecule has 0 unspecified atom stereocenters. The number of carbonyl (C=O) groups is 2. The number of Topliss-reactive ketones (excluding diaryl/α,β-unsaturated/α-hetero) is 1. The van der Waals surface area contributed by atoms with Gasteiger partial charge in [-0.3, -0.25) is 9.59 Å². The second-order valence-corrected chi connectivity index (χ2v) is 5.49. The number of carboxylic acids is 1. The van der Waals surface area contributed by atoms with Crippen LogP contribution in [-0.4, -0.2) is 16.9 Å². The molecule has 1 aromatic carbocycles. The molecule has 0 saturated heterocycles. The Morgan fingerprint density at radius 2 is 1.78 bits per heavy atom. The van der Waals surface area contributed by atoms with Gasteiger partial charge in [-0.25, -0.2) is 0 Å². The molecule has 1 aromatic rings. The number of rotatable bonds is 5. The summed E-state index contributed by atoms with van der Waals surface area (Å²) in [6, 6.07) is 7.08. The van der Waals surface area contributed by atoms with Crippen LogP contribution in [0.3, 0.4) is 0 Å². The highest BCUT2D eigenvalue weighted by molar-refractivity contribution is 5.96. The minimum atomic E-state index is -0.760. The molecule has 0 aromatic heterocycles. The van der Waals surface area contributed by atoms with Gasteiger partial charge in [-0.2, -0.15) is 0 Å². The van der Waals surface area contributed by atoms with Gasteiger partial charge >= 0.3 is 5.97 Å². The van der Waals surface area contributed by atoms with Crippen molar-refractivity contribution in [2.24, 2.45) is 5.92 Å². The molecule has 0 radical (unpaired) electrons. The Balaban J connectivity index is 2.16. The van der Waals surface area contributed by atoms with Gasteiger partial charge in [0.15, 0.2) is 5.78 Å². The summed E-state index contributed by atoms with van der Waals surface area (Å²) in [7, 11) is 0. The molecular formula is C15H18O3. The molecule has 0 heterocycles. The lowest BCUT2D eigenvalue weighted by molar-refractivity contribution is -0.140. The average Bonchev–Trinajstić information content (AvgIpc) is 3.09. The van der Waals surface area contributed by atoms with Crippen molar-refractivity contribution < 1.29 is 14.7 Å². The summed E-state index contributed by atoms with van der Waals surface area (Å²) in [4.78, 5) is 23.0. The lowest BCUT2D eigenvalue weighted by atomic mass is 9.93. The lowest BCUT2D eigenvalue weighted by Crippen LogP contribution is -2.19. The van der Waals surface area contributed by atoms with Gasteiger partial charge in [0.1, 0.15) is 0 Å². The van der Waals surface area contributed by atoms with E-state index in [0.29, 0.717) is 30.7 Å². The first-order valence-corrected chi connectivity index (χ1v) is 6.33. The van der Waals surface area contributed by atoms with Gasteiger partial charge in [-0.05, 0) is 24.3 Å². The maximum absolute atomic E-state index is 11.8. The van der Waals surface area contributed by atoms with Crippen LogP contribution in [0, 0.1) is 5.92 Å². The number of ketones is 1. The number of hydrogen-bond donors (Lipinski definition) is 1. The summed E-state index contributed by atoms with van der Waals surface area (Å²) in [5, 5.41) is 9.19. The topological polar surface area (TPSA) is 54.4 Å². The van der Waals surface area contributed by atoms with E-state index in [1.54, 1.807) is 24.3 Å². The number of carboxylic acid groups (broad SMARTS) is 1. The zero-order valence-electron chi connectivity index (χ0n) is 10.8. The van der Waals surface area contributed by atoms with Gasteiger partial charge in [-0.1, -0.05) is 38.1 Å². The SMILES string of the molecule is CC(C)CC(=O)c1ccc(C2(C(=O)O)CC2)cc1. The molecule has 0 atom stereocenters. The van der Waals surface area contributed by atoms with E-state index in [0.717, 1.165) is 5.56 Å². The summed E-state index contributed by atoms with van der Waals surface area (Å²) < 4.78 is 0. The fourth-order valence-corrected chi connectivity index (χ4v) is 2.21. The van der Waals surface area contributed by atoms with Crippen molar-refractivity contribution in [3.05, 3.63) is 35.4 Å². The third kappa shape index (κ3) is 2.30. The third-order valence-electron chi connectivity index (χ3n) is 3.51. The molecule has 0 aliphatic heterocycles. The standard InChI is InChI=1S/C15H18O3/c1-10(2)9-13(16)11-3-5-12(6-4-11)15(7-8-15)14(17)18/h3-6,10H,7-9H2,1-2H3,(H,17,18). The quantitative estimate of drug-likeness (QED) is 0.812. The fourth-order valence-electron chi connectivity index (χ4n) is 2.21. The van der Waals surface area contributed by atoms with Crippen molar-refractivity contribution in [1.29, 1.82) is 0 Å². The fraction of sp³-hybridized carbons (Fsp3) is 0.467. The molecule has 1 aliphatic rings. The molecule has 1 fully saturated rings. The van der Waals surface area contributed by atoms with Crippen molar-refractivity contribution >= 4 is 11.8 Å². The minimum Gasteiger partial charge on any atom is -0.481 e. The van der Waals surface area contributed by atoms with Crippen molar-refractivity contribution in [3.8, 4) is 0 Å². The first-order valence-electron chi connectivity index (χ1n) is 6.33. The highest BCUT2D eigenvalue weighted by Gasteiger charge is 2.51. The molecule has 1 N–H and O–H groups in total. The third-order valence-corrected chi connectivity index (χ3v) is 3.51. The average molecular weight is 246 g/mol. The van der Waals surface area contributed by atoms with Gasteiger partial charge in [0.25, 0.3) is 0 Å². The van der Waals surface area contributed by atoms with E-state index < -0.39 is 11.4 Å². The molecule has 3 heteroatoms. The van der Waals surface area contributed by atoms with Gasteiger partial charge in [0.2, 0.25) is 0 Å². The zero-order chi connectivity index (χ0) is 13.3. The summed E-state index contributed by atoms with van der Waals surface area (Å²) in [6.07, 6.45) is 1.92. The first kappa shape index (κ1) is 12.8. The molecule has 0 spiro atoms. The molecule has 1 aliphatic carbocycles. The highest BCUT2D eigenvalue weighted by atomic mass is 16.4. The number of carbonyl (C=O) groups excluding carboxylic acids is 1. The minimum absolute atomic E-state index is 0.122. The van der Waals surface area contributed by atoms with Crippen molar-refractivity contribution in [2.75, 3.05) is 0 Å². The van der Waals surface area contributed by atoms with Crippen LogP contribution in [0.4, 0.5) is 0 Å². The largest absolute Gasteiger partial charge is 0.481 e. The second-order valence-electron chi connectivity index (χ2n) is 5.49. The molecule has 2 rings (SSSR count). The van der Waals surface area contributed by atoms with E-state index in [1.165, 1.54) is 0 Å². The predicted octanol–water partition coefficient (Wildman–Crippen LogP) is 3.03. The van der Waals surface area contributed by atoms with Crippen LogP contribution in [0.15, 0.2) is 24.3 Å². The molecule has 3 nitrogen and oxygen atoms in total. The van der Waals surface area contributed by atoms with E-state index >= 15 is 0 Å². The summed E-state index contributed by atoms with van der Waals surface area (Å²) in [5.41, 5.74) is 0.810. The molecular weight excluding hydrogens is 228 g/mol. The smallest absolute Gasteiger partial charge is 0.314 e.